The smallest absolute Gasteiger partial charge is 0.220 e. The van der Waals surface area contributed by atoms with Gasteiger partial charge < -0.3 is 30.5 Å². The standard InChI is InChI=1S/C9H17NO6/c1-2-5(12)10-6-8(14)7(13)4(3-11)16-9(6)15/h4,6-9,11,13-15H,2-3H2,1H3,(H,10,12)/t4-,6-,7-,8?,9?/m1/s1. The van der Waals surface area contributed by atoms with E-state index in [2.05, 4.69) is 5.32 Å². The summed E-state index contributed by atoms with van der Waals surface area (Å²) in [6.45, 7) is 1.09. The lowest BCUT2D eigenvalue weighted by molar-refractivity contribution is -0.253. The average molecular weight is 235 g/mol. The predicted molar refractivity (Wildman–Crippen MR) is 52.2 cm³/mol. The van der Waals surface area contributed by atoms with Crippen LogP contribution in [0.5, 0.6) is 0 Å². The first-order chi connectivity index (χ1) is 7.51. The van der Waals surface area contributed by atoms with E-state index in [4.69, 9.17) is 9.84 Å². The molecule has 0 radical (unpaired) electrons. The number of rotatable bonds is 3. The maximum absolute atomic E-state index is 11.1. The number of amides is 1. The Morgan fingerprint density at radius 1 is 1.31 bits per heavy atom. The fourth-order valence-electron chi connectivity index (χ4n) is 1.54. The van der Waals surface area contributed by atoms with Gasteiger partial charge in [-0.3, -0.25) is 4.79 Å². The molecule has 0 bridgehead atoms. The van der Waals surface area contributed by atoms with Crippen molar-refractivity contribution < 1.29 is 30.0 Å². The fraction of sp³-hybridized carbons (Fsp3) is 0.889. The van der Waals surface area contributed by atoms with E-state index in [1.54, 1.807) is 6.92 Å². The summed E-state index contributed by atoms with van der Waals surface area (Å²) in [5.41, 5.74) is 0. The van der Waals surface area contributed by atoms with Gasteiger partial charge in [-0.05, 0) is 0 Å². The van der Waals surface area contributed by atoms with Crippen LogP contribution in [-0.2, 0) is 9.53 Å². The molecule has 0 aliphatic carbocycles. The Labute approximate surface area is 92.7 Å². The summed E-state index contributed by atoms with van der Waals surface area (Å²) in [6, 6.07) is -1.09. The topological polar surface area (TPSA) is 119 Å². The molecule has 2 unspecified atom stereocenters. The quantitative estimate of drug-likeness (QED) is 0.363. The second-order valence-electron chi connectivity index (χ2n) is 3.68. The second-order valence-corrected chi connectivity index (χ2v) is 3.68. The van der Waals surface area contributed by atoms with Crippen LogP contribution < -0.4 is 5.32 Å². The van der Waals surface area contributed by atoms with Crippen molar-refractivity contribution in [2.24, 2.45) is 0 Å². The molecule has 0 aromatic carbocycles. The summed E-state index contributed by atoms with van der Waals surface area (Å²) in [6.07, 6.45) is -5.05. The minimum atomic E-state index is -1.45. The molecule has 1 amide bonds. The average Bonchev–Trinajstić information content (AvgIpc) is 2.28. The Kier molecular flexibility index (Phi) is 4.63. The van der Waals surface area contributed by atoms with Crippen molar-refractivity contribution >= 4 is 5.91 Å². The Morgan fingerprint density at radius 2 is 1.94 bits per heavy atom. The summed E-state index contributed by atoms with van der Waals surface area (Å²) in [7, 11) is 0. The summed E-state index contributed by atoms with van der Waals surface area (Å²) < 4.78 is 4.86. The Bertz CT molecular complexity index is 248. The molecule has 1 rings (SSSR count). The normalized spacial score (nSPS) is 39.4. The van der Waals surface area contributed by atoms with E-state index in [9.17, 15) is 20.1 Å². The van der Waals surface area contributed by atoms with Crippen LogP contribution in [0, 0.1) is 0 Å². The zero-order valence-corrected chi connectivity index (χ0v) is 8.91. The van der Waals surface area contributed by atoms with Gasteiger partial charge in [0.1, 0.15) is 24.4 Å². The number of ether oxygens (including phenoxy) is 1. The van der Waals surface area contributed by atoms with Crippen molar-refractivity contribution in [1.82, 2.24) is 5.32 Å². The van der Waals surface area contributed by atoms with E-state index >= 15 is 0 Å². The van der Waals surface area contributed by atoms with E-state index in [-0.39, 0.29) is 12.3 Å². The molecule has 1 fully saturated rings. The van der Waals surface area contributed by atoms with Gasteiger partial charge >= 0.3 is 0 Å². The van der Waals surface area contributed by atoms with Crippen LogP contribution in [0.2, 0.25) is 0 Å². The van der Waals surface area contributed by atoms with Crippen molar-refractivity contribution in [2.75, 3.05) is 6.61 Å². The van der Waals surface area contributed by atoms with Crippen molar-refractivity contribution in [1.29, 1.82) is 0 Å². The highest BCUT2D eigenvalue weighted by molar-refractivity contribution is 5.76. The largest absolute Gasteiger partial charge is 0.394 e. The number of nitrogens with one attached hydrogen (secondary N) is 1. The van der Waals surface area contributed by atoms with Crippen LogP contribution in [0.1, 0.15) is 13.3 Å². The van der Waals surface area contributed by atoms with Gasteiger partial charge in [-0.15, -0.1) is 0 Å². The molecule has 7 nitrogen and oxygen atoms in total. The molecule has 0 saturated carbocycles. The first-order valence-corrected chi connectivity index (χ1v) is 5.11. The van der Waals surface area contributed by atoms with E-state index in [1.165, 1.54) is 0 Å². The van der Waals surface area contributed by atoms with Crippen molar-refractivity contribution in [2.45, 2.75) is 44.0 Å². The SMILES string of the molecule is CCC(=O)N[C@H]1C(O)O[C@H](CO)[C@@H](O)C1O. The van der Waals surface area contributed by atoms with Gasteiger partial charge in [0.05, 0.1) is 6.61 Å². The van der Waals surface area contributed by atoms with Gasteiger partial charge in [-0.2, -0.15) is 0 Å². The highest BCUT2D eigenvalue weighted by atomic mass is 16.6. The lowest BCUT2D eigenvalue weighted by atomic mass is 9.97. The van der Waals surface area contributed by atoms with Crippen LogP contribution >= 0.6 is 0 Å². The van der Waals surface area contributed by atoms with Crippen molar-refractivity contribution in [3.63, 3.8) is 0 Å². The van der Waals surface area contributed by atoms with Gasteiger partial charge in [0.15, 0.2) is 6.29 Å². The monoisotopic (exact) mass is 235 g/mol. The predicted octanol–water partition coefficient (Wildman–Crippen LogP) is -2.69. The minimum Gasteiger partial charge on any atom is -0.394 e. The molecular weight excluding hydrogens is 218 g/mol. The molecule has 1 saturated heterocycles. The van der Waals surface area contributed by atoms with E-state index in [0.29, 0.717) is 0 Å². The molecule has 7 heteroatoms. The van der Waals surface area contributed by atoms with E-state index in [0.717, 1.165) is 0 Å². The van der Waals surface area contributed by atoms with Gasteiger partial charge in [-0.25, -0.2) is 0 Å². The molecule has 5 atom stereocenters. The van der Waals surface area contributed by atoms with E-state index < -0.39 is 37.3 Å². The molecule has 1 heterocycles. The zero-order chi connectivity index (χ0) is 12.3. The molecule has 5 N–H and O–H groups in total. The lowest BCUT2D eigenvalue weighted by Crippen LogP contribution is -2.64. The summed E-state index contributed by atoms with van der Waals surface area (Å²) in [5.74, 6) is -0.374. The Balaban J connectivity index is 2.67. The molecule has 94 valence electrons. The maximum Gasteiger partial charge on any atom is 0.220 e. The summed E-state index contributed by atoms with van der Waals surface area (Å²) >= 11 is 0. The lowest BCUT2D eigenvalue weighted by Gasteiger charge is -2.40. The number of carbonyl (C=O) groups excluding carboxylic acids is 1. The highest BCUT2D eigenvalue weighted by Crippen LogP contribution is 2.19. The van der Waals surface area contributed by atoms with Crippen LogP contribution in [0.25, 0.3) is 0 Å². The molecule has 16 heavy (non-hydrogen) atoms. The summed E-state index contributed by atoms with van der Waals surface area (Å²) in [4.78, 5) is 11.1. The molecular formula is C9H17NO6. The van der Waals surface area contributed by atoms with Crippen LogP contribution in [-0.4, -0.2) is 63.6 Å². The third-order valence-corrected chi connectivity index (χ3v) is 2.55. The molecule has 0 spiro atoms. The van der Waals surface area contributed by atoms with Crippen LogP contribution in [0.15, 0.2) is 0 Å². The second kappa shape index (κ2) is 5.55. The van der Waals surface area contributed by atoms with Crippen LogP contribution in [0.3, 0.4) is 0 Å². The molecule has 1 aliphatic rings. The number of hydrogen-bond acceptors (Lipinski definition) is 6. The number of carbonyl (C=O) groups is 1. The van der Waals surface area contributed by atoms with Crippen molar-refractivity contribution in [3.8, 4) is 0 Å². The fourth-order valence-corrected chi connectivity index (χ4v) is 1.54. The molecule has 0 aromatic rings. The number of aliphatic hydroxyl groups excluding tert-OH is 4. The van der Waals surface area contributed by atoms with Gasteiger partial charge in [0.2, 0.25) is 5.91 Å². The van der Waals surface area contributed by atoms with Crippen molar-refractivity contribution in [3.05, 3.63) is 0 Å². The summed E-state index contributed by atoms with van der Waals surface area (Å²) in [5, 5.41) is 39.8. The first-order valence-electron chi connectivity index (χ1n) is 5.11. The molecule has 0 aromatic heterocycles. The zero-order valence-electron chi connectivity index (χ0n) is 8.91. The number of hydrogen-bond donors (Lipinski definition) is 5. The number of aliphatic hydroxyl groups is 4. The minimum absolute atomic E-state index is 0.190. The van der Waals surface area contributed by atoms with Gasteiger partial charge in [0, 0.05) is 6.42 Å². The molecule has 1 aliphatic heterocycles. The van der Waals surface area contributed by atoms with E-state index in [1.807, 2.05) is 0 Å². The highest BCUT2D eigenvalue weighted by Gasteiger charge is 2.44. The Hall–Kier alpha value is -0.730. The third kappa shape index (κ3) is 2.69. The maximum atomic E-state index is 11.1. The Morgan fingerprint density at radius 3 is 2.44 bits per heavy atom. The van der Waals surface area contributed by atoms with Gasteiger partial charge in [0.25, 0.3) is 0 Å². The van der Waals surface area contributed by atoms with Crippen LogP contribution in [0.4, 0.5) is 0 Å². The first kappa shape index (κ1) is 13.3. The third-order valence-electron chi connectivity index (χ3n) is 2.55. The van der Waals surface area contributed by atoms with Gasteiger partial charge in [-0.1, -0.05) is 6.92 Å².